The van der Waals surface area contributed by atoms with E-state index in [4.69, 9.17) is 10.5 Å². The summed E-state index contributed by atoms with van der Waals surface area (Å²) in [5.41, 5.74) is 7.86. The molecule has 94 valence electrons. The van der Waals surface area contributed by atoms with Crippen molar-refractivity contribution in [2.24, 2.45) is 5.73 Å². The van der Waals surface area contributed by atoms with E-state index in [-0.39, 0.29) is 12.1 Å². The Bertz CT molecular complexity index is 381. The van der Waals surface area contributed by atoms with Gasteiger partial charge in [0.25, 0.3) is 0 Å². The highest BCUT2D eigenvalue weighted by atomic mass is 16.5. The van der Waals surface area contributed by atoms with Gasteiger partial charge in [0, 0.05) is 12.2 Å². The first-order chi connectivity index (χ1) is 8.16. The molecule has 2 atom stereocenters. The Morgan fingerprint density at radius 2 is 2.00 bits per heavy atom. The van der Waals surface area contributed by atoms with Crippen LogP contribution in [-0.2, 0) is 0 Å². The zero-order chi connectivity index (χ0) is 12.3. The summed E-state index contributed by atoms with van der Waals surface area (Å²) in [6, 6.07) is 0.124. The fraction of sp³-hybridized carbons (Fsp3) is 0.692. The monoisotopic (exact) mass is 235 g/mol. The smallest absolute Gasteiger partial charge is 0.235 e. The predicted octanol–water partition coefficient (Wildman–Crippen LogP) is 2.13. The van der Waals surface area contributed by atoms with Crippen molar-refractivity contribution in [3.8, 4) is 5.88 Å². The molecule has 2 rings (SSSR count). The fourth-order valence-corrected chi connectivity index (χ4v) is 2.22. The van der Waals surface area contributed by atoms with Crippen molar-refractivity contribution in [1.29, 1.82) is 0 Å². The topological polar surface area (TPSA) is 61.0 Å². The first-order valence-corrected chi connectivity index (χ1v) is 6.39. The normalized spacial score (nSPS) is 25.4. The van der Waals surface area contributed by atoms with Crippen LogP contribution in [0.3, 0.4) is 0 Å². The average molecular weight is 235 g/mol. The molecule has 1 saturated carbocycles. The van der Waals surface area contributed by atoms with Gasteiger partial charge in [-0.05, 0) is 33.1 Å². The van der Waals surface area contributed by atoms with Crippen LogP contribution in [0.25, 0.3) is 0 Å². The summed E-state index contributed by atoms with van der Waals surface area (Å²) >= 11 is 0. The number of hydrogen-bond donors (Lipinski definition) is 1. The summed E-state index contributed by atoms with van der Waals surface area (Å²) in [5, 5.41) is 0. The van der Waals surface area contributed by atoms with Gasteiger partial charge in [-0.15, -0.1) is 0 Å². The number of aryl methyl sites for hydroxylation is 2. The third kappa shape index (κ3) is 3.16. The Balaban J connectivity index is 2.10. The molecule has 17 heavy (non-hydrogen) atoms. The molecule has 0 bridgehead atoms. The summed E-state index contributed by atoms with van der Waals surface area (Å²) in [6.45, 7) is 3.84. The first-order valence-electron chi connectivity index (χ1n) is 6.39. The van der Waals surface area contributed by atoms with Gasteiger partial charge in [0.05, 0.1) is 11.4 Å². The largest absolute Gasteiger partial charge is 0.471 e. The molecular weight excluding hydrogens is 214 g/mol. The molecule has 2 N–H and O–H groups in total. The highest BCUT2D eigenvalue weighted by Gasteiger charge is 2.23. The number of rotatable bonds is 2. The van der Waals surface area contributed by atoms with Gasteiger partial charge >= 0.3 is 0 Å². The number of nitrogens with two attached hydrogens (primary N) is 1. The standard InChI is InChI=1S/C13H21N3O/c1-9-8-15-10(2)13(16-9)17-12-7-5-3-4-6-11(12)14/h8,11-12H,3-7,14H2,1-2H3. The molecule has 2 unspecified atom stereocenters. The van der Waals surface area contributed by atoms with Crippen LogP contribution in [0, 0.1) is 13.8 Å². The second-order valence-electron chi connectivity index (χ2n) is 4.86. The molecule has 1 fully saturated rings. The molecule has 0 radical (unpaired) electrons. The lowest BCUT2D eigenvalue weighted by Crippen LogP contribution is -2.38. The Morgan fingerprint density at radius 1 is 1.24 bits per heavy atom. The van der Waals surface area contributed by atoms with Crippen LogP contribution in [-0.4, -0.2) is 22.1 Å². The minimum Gasteiger partial charge on any atom is -0.471 e. The van der Waals surface area contributed by atoms with Crippen molar-refractivity contribution in [1.82, 2.24) is 9.97 Å². The molecule has 4 heteroatoms. The van der Waals surface area contributed by atoms with E-state index in [1.165, 1.54) is 19.3 Å². The molecule has 4 nitrogen and oxygen atoms in total. The Labute approximate surface area is 103 Å². The first kappa shape index (κ1) is 12.3. The van der Waals surface area contributed by atoms with E-state index in [2.05, 4.69) is 9.97 Å². The molecule has 1 heterocycles. The zero-order valence-electron chi connectivity index (χ0n) is 10.6. The predicted molar refractivity (Wildman–Crippen MR) is 67.0 cm³/mol. The maximum absolute atomic E-state index is 6.14. The van der Waals surface area contributed by atoms with Gasteiger partial charge < -0.3 is 10.5 Å². The van der Waals surface area contributed by atoms with Crippen molar-refractivity contribution in [2.45, 2.75) is 58.1 Å². The summed E-state index contributed by atoms with van der Waals surface area (Å²) in [6.07, 6.45) is 7.57. The van der Waals surface area contributed by atoms with Gasteiger partial charge in [0.15, 0.2) is 0 Å². The Hall–Kier alpha value is -1.16. The molecule has 1 aliphatic carbocycles. The molecule has 0 saturated heterocycles. The summed E-state index contributed by atoms with van der Waals surface area (Å²) in [4.78, 5) is 8.66. The van der Waals surface area contributed by atoms with E-state index in [9.17, 15) is 0 Å². The molecule has 0 aromatic carbocycles. The summed E-state index contributed by atoms with van der Waals surface area (Å²) in [5.74, 6) is 0.646. The summed E-state index contributed by atoms with van der Waals surface area (Å²) in [7, 11) is 0. The maximum Gasteiger partial charge on any atom is 0.235 e. The Morgan fingerprint density at radius 3 is 2.82 bits per heavy atom. The zero-order valence-corrected chi connectivity index (χ0v) is 10.6. The highest BCUT2D eigenvalue weighted by molar-refractivity contribution is 5.18. The van der Waals surface area contributed by atoms with Crippen molar-refractivity contribution in [3.63, 3.8) is 0 Å². The second kappa shape index (κ2) is 5.45. The van der Waals surface area contributed by atoms with E-state index >= 15 is 0 Å². The van der Waals surface area contributed by atoms with E-state index in [0.29, 0.717) is 5.88 Å². The van der Waals surface area contributed by atoms with Gasteiger partial charge in [0.2, 0.25) is 5.88 Å². The van der Waals surface area contributed by atoms with Gasteiger partial charge in [-0.2, -0.15) is 0 Å². The number of hydrogen-bond acceptors (Lipinski definition) is 4. The van der Waals surface area contributed by atoms with Crippen molar-refractivity contribution in [2.75, 3.05) is 0 Å². The number of nitrogens with zero attached hydrogens (tertiary/aromatic N) is 2. The second-order valence-corrected chi connectivity index (χ2v) is 4.86. The van der Waals surface area contributed by atoms with E-state index < -0.39 is 0 Å². The lowest BCUT2D eigenvalue weighted by Gasteiger charge is -2.22. The van der Waals surface area contributed by atoms with Gasteiger partial charge in [0.1, 0.15) is 6.10 Å². The molecule has 0 aliphatic heterocycles. The van der Waals surface area contributed by atoms with E-state index in [1.807, 2.05) is 13.8 Å². The van der Waals surface area contributed by atoms with Crippen LogP contribution in [0.2, 0.25) is 0 Å². The van der Waals surface area contributed by atoms with Crippen LogP contribution in [0.1, 0.15) is 43.5 Å². The molecule has 0 amide bonds. The minimum absolute atomic E-state index is 0.0901. The van der Waals surface area contributed by atoms with E-state index in [0.717, 1.165) is 24.2 Å². The van der Waals surface area contributed by atoms with Crippen molar-refractivity contribution in [3.05, 3.63) is 17.6 Å². The van der Waals surface area contributed by atoms with Crippen LogP contribution in [0.4, 0.5) is 0 Å². The fourth-order valence-electron chi connectivity index (χ4n) is 2.22. The SMILES string of the molecule is Cc1cnc(C)c(OC2CCCCCC2N)n1. The highest BCUT2D eigenvalue weighted by Crippen LogP contribution is 2.22. The van der Waals surface area contributed by atoms with Gasteiger partial charge in [-0.3, -0.25) is 4.98 Å². The minimum atomic E-state index is 0.0901. The van der Waals surface area contributed by atoms with Crippen LogP contribution >= 0.6 is 0 Å². The van der Waals surface area contributed by atoms with Crippen molar-refractivity contribution < 1.29 is 4.74 Å². The third-order valence-electron chi connectivity index (χ3n) is 3.30. The molecule has 1 aliphatic rings. The lowest BCUT2D eigenvalue weighted by molar-refractivity contribution is 0.154. The third-order valence-corrected chi connectivity index (χ3v) is 3.30. The lowest BCUT2D eigenvalue weighted by atomic mass is 10.1. The quantitative estimate of drug-likeness (QED) is 0.798. The molecular formula is C13H21N3O. The maximum atomic E-state index is 6.14. The Kier molecular flexibility index (Phi) is 3.94. The molecule has 1 aromatic heterocycles. The van der Waals surface area contributed by atoms with Crippen LogP contribution in [0.15, 0.2) is 6.20 Å². The van der Waals surface area contributed by atoms with E-state index in [1.54, 1.807) is 6.20 Å². The molecule has 0 spiro atoms. The van der Waals surface area contributed by atoms with Crippen LogP contribution < -0.4 is 10.5 Å². The van der Waals surface area contributed by atoms with Gasteiger partial charge in [-0.1, -0.05) is 12.8 Å². The van der Waals surface area contributed by atoms with Crippen LogP contribution in [0.5, 0.6) is 5.88 Å². The number of ether oxygens (including phenoxy) is 1. The average Bonchev–Trinajstić information content (AvgIpc) is 2.50. The molecule has 1 aromatic rings. The summed E-state index contributed by atoms with van der Waals surface area (Å²) < 4.78 is 5.96. The van der Waals surface area contributed by atoms with Crippen molar-refractivity contribution >= 4 is 0 Å². The van der Waals surface area contributed by atoms with Gasteiger partial charge in [-0.25, -0.2) is 4.98 Å². The number of aromatic nitrogens is 2.